The number of hydrogen-bond acceptors (Lipinski definition) is 2. The number of benzene rings is 1. The van der Waals surface area contributed by atoms with Gasteiger partial charge in [-0.1, -0.05) is 18.6 Å². The van der Waals surface area contributed by atoms with Gasteiger partial charge >= 0.3 is 6.61 Å². The number of alkyl halides is 2. The fourth-order valence-corrected chi connectivity index (χ4v) is 2.22. The maximum Gasteiger partial charge on any atom is 0.387 e. The summed E-state index contributed by atoms with van der Waals surface area (Å²) in [5, 5.41) is 0. The van der Waals surface area contributed by atoms with Crippen LogP contribution in [0.3, 0.4) is 0 Å². The van der Waals surface area contributed by atoms with Crippen molar-refractivity contribution in [3.63, 3.8) is 0 Å². The second-order valence-corrected chi connectivity index (χ2v) is 4.24. The molecule has 0 aliphatic heterocycles. The Hall–Kier alpha value is -1.16. The molecule has 2 N–H and O–H groups in total. The van der Waals surface area contributed by atoms with Crippen molar-refractivity contribution < 1.29 is 13.5 Å². The van der Waals surface area contributed by atoms with Crippen LogP contribution in [-0.4, -0.2) is 13.2 Å². The lowest BCUT2D eigenvalue weighted by atomic mass is 9.64. The van der Waals surface area contributed by atoms with Crippen molar-refractivity contribution in [3.8, 4) is 5.75 Å². The molecule has 88 valence electrons. The van der Waals surface area contributed by atoms with E-state index in [1.165, 1.54) is 0 Å². The van der Waals surface area contributed by atoms with Crippen molar-refractivity contribution in [2.24, 2.45) is 5.73 Å². The molecule has 16 heavy (non-hydrogen) atoms. The fourth-order valence-electron chi connectivity index (χ4n) is 2.22. The molecule has 4 heteroatoms. The minimum atomic E-state index is -2.77. The molecule has 0 spiro atoms. The Morgan fingerprint density at radius 2 is 2.12 bits per heavy atom. The first-order valence-corrected chi connectivity index (χ1v) is 5.42. The van der Waals surface area contributed by atoms with Crippen molar-refractivity contribution in [2.45, 2.75) is 31.3 Å². The number of halogens is 2. The molecule has 0 bridgehead atoms. The van der Waals surface area contributed by atoms with E-state index >= 15 is 0 Å². The van der Waals surface area contributed by atoms with Gasteiger partial charge in [0.2, 0.25) is 0 Å². The van der Waals surface area contributed by atoms with E-state index in [1.54, 1.807) is 18.2 Å². The van der Waals surface area contributed by atoms with Gasteiger partial charge in [0.05, 0.1) is 0 Å². The Morgan fingerprint density at radius 1 is 1.38 bits per heavy atom. The van der Waals surface area contributed by atoms with Gasteiger partial charge in [-0.05, 0) is 30.5 Å². The van der Waals surface area contributed by atoms with E-state index in [0.717, 1.165) is 24.8 Å². The molecule has 0 saturated heterocycles. The lowest BCUT2D eigenvalue weighted by Gasteiger charge is -2.41. The van der Waals surface area contributed by atoms with Gasteiger partial charge in [-0.15, -0.1) is 0 Å². The smallest absolute Gasteiger partial charge is 0.387 e. The number of hydrogen-bond donors (Lipinski definition) is 1. The number of ether oxygens (including phenoxy) is 1. The second kappa shape index (κ2) is 4.37. The molecule has 0 heterocycles. The van der Waals surface area contributed by atoms with Gasteiger partial charge in [0, 0.05) is 12.0 Å². The molecule has 0 atom stereocenters. The normalized spacial score (nSPS) is 18.2. The molecule has 0 unspecified atom stereocenters. The molecule has 1 aliphatic rings. The summed E-state index contributed by atoms with van der Waals surface area (Å²) in [6.07, 6.45) is 3.21. The average Bonchev–Trinajstić information content (AvgIpc) is 2.16. The van der Waals surface area contributed by atoms with Crippen LogP contribution in [0.25, 0.3) is 0 Å². The summed E-state index contributed by atoms with van der Waals surface area (Å²) in [5.41, 5.74) is 6.76. The standard InChI is InChI=1S/C12H15F2NO/c13-11(14)16-10-4-1-3-9(7-10)12(8-15)5-2-6-12/h1,3-4,7,11H,2,5-6,8,15H2. The predicted octanol–water partition coefficient (Wildman–Crippen LogP) is 2.67. The van der Waals surface area contributed by atoms with Crippen LogP contribution >= 0.6 is 0 Å². The third kappa shape index (κ3) is 2.02. The van der Waals surface area contributed by atoms with Gasteiger partial charge in [0.1, 0.15) is 5.75 Å². The Bertz CT molecular complexity index is 358. The first kappa shape index (κ1) is 11.3. The average molecular weight is 227 g/mol. The largest absolute Gasteiger partial charge is 0.435 e. The molecule has 0 amide bonds. The molecule has 1 aromatic carbocycles. The second-order valence-electron chi connectivity index (χ2n) is 4.24. The molecular formula is C12H15F2NO. The van der Waals surface area contributed by atoms with Crippen molar-refractivity contribution in [2.75, 3.05) is 6.54 Å². The fraction of sp³-hybridized carbons (Fsp3) is 0.500. The van der Waals surface area contributed by atoms with Crippen LogP contribution in [0.2, 0.25) is 0 Å². The lowest BCUT2D eigenvalue weighted by Crippen LogP contribution is -2.41. The van der Waals surface area contributed by atoms with Gasteiger partial charge < -0.3 is 10.5 Å². The van der Waals surface area contributed by atoms with Gasteiger partial charge in [-0.2, -0.15) is 8.78 Å². The van der Waals surface area contributed by atoms with Crippen molar-refractivity contribution in [1.82, 2.24) is 0 Å². The van der Waals surface area contributed by atoms with Crippen LogP contribution in [0.15, 0.2) is 24.3 Å². The quantitative estimate of drug-likeness (QED) is 0.858. The minimum Gasteiger partial charge on any atom is -0.435 e. The maximum atomic E-state index is 12.1. The summed E-state index contributed by atoms with van der Waals surface area (Å²) in [6, 6.07) is 6.89. The number of nitrogens with two attached hydrogens (primary N) is 1. The SMILES string of the molecule is NCC1(c2cccc(OC(F)F)c2)CCC1. The molecule has 0 radical (unpaired) electrons. The van der Waals surface area contributed by atoms with Crippen LogP contribution in [0.1, 0.15) is 24.8 Å². The van der Waals surface area contributed by atoms with E-state index in [-0.39, 0.29) is 11.2 Å². The molecule has 2 nitrogen and oxygen atoms in total. The van der Waals surface area contributed by atoms with Crippen LogP contribution in [0.5, 0.6) is 5.75 Å². The summed E-state index contributed by atoms with van der Waals surface area (Å²) in [7, 11) is 0. The van der Waals surface area contributed by atoms with E-state index in [2.05, 4.69) is 4.74 Å². The third-order valence-electron chi connectivity index (χ3n) is 3.37. The van der Waals surface area contributed by atoms with Crippen molar-refractivity contribution >= 4 is 0 Å². The summed E-state index contributed by atoms with van der Waals surface area (Å²) >= 11 is 0. The summed E-state index contributed by atoms with van der Waals surface area (Å²) in [6.45, 7) is -2.21. The highest BCUT2D eigenvalue weighted by atomic mass is 19.3. The van der Waals surface area contributed by atoms with Gasteiger partial charge in [-0.3, -0.25) is 0 Å². The molecule has 0 aromatic heterocycles. The lowest BCUT2D eigenvalue weighted by molar-refractivity contribution is -0.0499. The van der Waals surface area contributed by atoms with Crippen molar-refractivity contribution in [3.05, 3.63) is 29.8 Å². The van der Waals surface area contributed by atoms with Gasteiger partial charge in [0.15, 0.2) is 0 Å². The summed E-state index contributed by atoms with van der Waals surface area (Å²) < 4.78 is 28.5. The topological polar surface area (TPSA) is 35.2 Å². The zero-order valence-corrected chi connectivity index (χ0v) is 8.96. The third-order valence-corrected chi connectivity index (χ3v) is 3.37. The molecule has 1 aliphatic carbocycles. The van der Waals surface area contributed by atoms with Gasteiger partial charge in [0.25, 0.3) is 0 Å². The molecule has 1 saturated carbocycles. The Balaban J connectivity index is 2.21. The number of rotatable bonds is 4. The van der Waals surface area contributed by atoms with Crippen LogP contribution in [-0.2, 0) is 5.41 Å². The first-order valence-electron chi connectivity index (χ1n) is 5.42. The summed E-state index contributed by atoms with van der Waals surface area (Å²) in [4.78, 5) is 0. The highest BCUT2D eigenvalue weighted by Gasteiger charge is 2.37. The van der Waals surface area contributed by atoms with E-state index in [1.807, 2.05) is 6.07 Å². The molecule has 1 fully saturated rings. The molecule has 2 rings (SSSR count). The van der Waals surface area contributed by atoms with Crippen molar-refractivity contribution in [1.29, 1.82) is 0 Å². The minimum absolute atomic E-state index is 0.0124. The molecule has 1 aromatic rings. The predicted molar refractivity (Wildman–Crippen MR) is 57.7 cm³/mol. The van der Waals surface area contributed by atoms with E-state index in [0.29, 0.717) is 6.54 Å². The zero-order chi connectivity index (χ0) is 11.6. The zero-order valence-electron chi connectivity index (χ0n) is 8.96. The summed E-state index contributed by atoms with van der Waals surface area (Å²) in [5.74, 6) is 0.215. The van der Waals surface area contributed by atoms with Gasteiger partial charge in [-0.25, -0.2) is 0 Å². The Morgan fingerprint density at radius 3 is 2.62 bits per heavy atom. The van der Waals surface area contributed by atoms with Crippen LogP contribution in [0.4, 0.5) is 8.78 Å². The van der Waals surface area contributed by atoms with Crippen LogP contribution < -0.4 is 10.5 Å². The Labute approximate surface area is 93.4 Å². The Kier molecular flexibility index (Phi) is 3.10. The maximum absolute atomic E-state index is 12.1. The van der Waals surface area contributed by atoms with E-state index < -0.39 is 6.61 Å². The van der Waals surface area contributed by atoms with E-state index in [9.17, 15) is 8.78 Å². The first-order chi connectivity index (χ1) is 7.66. The van der Waals surface area contributed by atoms with E-state index in [4.69, 9.17) is 5.73 Å². The molecular weight excluding hydrogens is 212 g/mol. The highest BCUT2D eigenvalue weighted by molar-refractivity contribution is 5.35. The van der Waals surface area contributed by atoms with Crippen LogP contribution in [0, 0.1) is 0 Å². The highest BCUT2D eigenvalue weighted by Crippen LogP contribution is 2.43. The monoisotopic (exact) mass is 227 g/mol.